The summed E-state index contributed by atoms with van der Waals surface area (Å²) in [6.45, 7) is 9.12. The third-order valence-corrected chi connectivity index (χ3v) is 3.58. The van der Waals surface area contributed by atoms with E-state index in [1.54, 1.807) is 0 Å². The van der Waals surface area contributed by atoms with E-state index in [1.807, 2.05) is 0 Å². The van der Waals surface area contributed by atoms with Gasteiger partial charge in [-0.2, -0.15) is 0 Å². The highest BCUT2D eigenvalue weighted by molar-refractivity contribution is 7.80. The van der Waals surface area contributed by atoms with Crippen molar-refractivity contribution in [2.45, 2.75) is 46.1 Å². The van der Waals surface area contributed by atoms with E-state index in [-0.39, 0.29) is 0 Å². The van der Waals surface area contributed by atoms with Gasteiger partial charge < -0.3 is 5.73 Å². The van der Waals surface area contributed by atoms with Gasteiger partial charge in [-0.1, -0.05) is 33.0 Å². The van der Waals surface area contributed by atoms with Crippen molar-refractivity contribution >= 4 is 17.2 Å². The van der Waals surface area contributed by atoms with Crippen molar-refractivity contribution in [3.8, 4) is 0 Å². The third kappa shape index (κ3) is 2.92. The van der Waals surface area contributed by atoms with E-state index in [2.05, 4.69) is 25.7 Å². The summed E-state index contributed by atoms with van der Waals surface area (Å²) in [4.78, 5) is 3.10. The van der Waals surface area contributed by atoms with Crippen LogP contribution in [0, 0.1) is 5.41 Å². The lowest BCUT2D eigenvalue weighted by Crippen LogP contribution is -2.48. The predicted octanol–water partition coefficient (Wildman–Crippen LogP) is 2.17. The van der Waals surface area contributed by atoms with E-state index in [4.69, 9.17) is 18.0 Å². The molecular formula is C11H22N2S. The van der Waals surface area contributed by atoms with Gasteiger partial charge in [0.15, 0.2) is 0 Å². The average molecular weight is 214 g/mol. The fraction of sp³-hybridized carbons (Fsp3) is 0.909. The van der Waals surface area contributed by atoms with Gasteiger partial charge in [-0.3, -0.25) is 4.90 Å². The van der Waals surface area contributed by atoms with Crippen LogP contribution in [0.25, 0.3) is 0 Å². The molecule has 14 heavy (non-hydrogen) atoms. The van der Waals surface area contributed by atoms with Crippen molar-refractivity contribution in [2.24, 2.45) is 11.1 Å². The summed E-state index contributed by atoms with van der Waals surface area (Å²) in [6, 6.07) is 0.320. The van der Waals surface area contributed by atoms with Gasteiger partial charge in [0, 0.05) is 0 Å². The maximum atomic E-state index is 5.74. The van der Waals surface area contributed by atoms with E-state index >= 15 is 0 Å². The van der Waals surface area contributed by atoms with Crippen LogP contribution in [0.4, 0.5) is 0 Å². The van der Waals surface area contributed by atoms with Gasteiger partial charge in [0.05, 0.1) is 11.0 Å². The summed E-state index contributed by atoms with van der Waals surface area (Å²) in [6.07, 6.45) is 3.55. The number of thiocarbonyl (C=S) groups is 1. The summed E-state index contributed by atoms with van der Waals surface area (Å²) < 4.78 is 0. The Kier molecular flexibility index (Phi) is 3.90. The van der Waals surface area contributed by atoms with Gasteiger partial charge in [-0.15, -0.1) is 0 Å². The fourth-order valence-corrected chi connectivity index (χ4v) is 2.40. The average Bonchev–Trinajstić information content (AvgIpc) is 2.08. The van der Waals surface area contributed by atoms with Gasteiger partial charge in [0.2, 0.25) is 0 Å². The molecule has 0 aromatic heterocycles. The molecule has 3 heteroatoms. The Morgan fingerprint density at radius 2 is 1.93 bits per heavy atom. The summed E-state index contributed by atoms with van der Waals surface area (Å²) in [7, 11) is 0. The molecule has 0 aliphatic carbocycles. The Balaban J connectivity index is 2.51. The molecule has 1 fully saturated rings. The monoisotopic (exact) mass is 214 g/mol. The Labute approximate surface area is 92.8 Å². The van der Waals surface area contributed by atoms with Crippen molar-refractivity contribution in [3.63, 3.8) is 0 Å². The first-order valence-electron chi connectivity index (χ1n) is 5.49. The molecule has 1 heterocycles. The van der Waals surface area contributed by atoms with Crippen LogP contribution in [0.15, 0.2) is 0 Å². The molecule has 0 aromatic rings. The van der Waals surface area contributed by atoms with Crippen LogP contribution in [-0.2, 0) is 0 Å². The molecule has 2 N–H and O–H groups in total. The molecule has 1 atom stereocenters. The minimum Gasteiger partial charge on any atom is -0.392 e. The van der Waals surface area contributed by atoms with Gasteiger partial charge in [0.25, 0.3) is 0 Å². The van der Waals surface area contributed by atoms with E-state index in [0.717, 1.165) is 19.5 Å². The third-order valence-electron chi connectivity index (χ3n) is 3.31. The maximum Gasteiger partial charge on any atom is 0.0901 e. The molecule has 2 nitrogen and oxygen atoms in total. The zero-order chi connectivity index (χ0) is 10.8. The smallest absolute Gasteiger partial charge is 0.0901 e. The molecule has 0 radical (unpaired) electrons. The maximum absolute atomic E-state index is 5.74. The van der Waals surface area contributed by atoms with E-state index in [1.165, 1.54) is 12.8 Å². The Bertz CT molecular complexity index is 203. The van der Waals surface area contributed by atoms with Crippen LogP contribution in [0.2, 0.25) is 0 Å². The Morgan fingerprint density at radius 1 is 1.43 bits per heavy atom. The highest BCUT2D eigenvalue weighted by atomic mass is 32.1. The molecule has 1 rings (SSSR count). The van der Waals surface area contributed by atoms with Crippen molar-refractivity contribution < 1.29 is 0 Å². The van der Waals surface area contributed by atoms with Gasteiger partial charge in [-0.25, -0.2) is 0 Å². The van der Waals surface area contributed by atoms with Crippen LogP contribution < -0.4 is 5.73 Å². The highest BCUT2D eigenvalue weighted by Crippen LogP contribution is 2.30. The van der Waals surface area contributed by atoms with E-state index in [9.17, 15) is 0 Å². The Hall–Kier alpha value is -0.150. The number of hydrogen-bond donors (Lipinski definition) is 1. The first-order valence-corrected chi connectivity index (χ1v) is 5.90. The molecule has 0 saturated carbocycles. The van der Waals surface area contributed by atoms with Crippen molar-refractivity contribution in [1.82, 2.24) is 4.90 Å². The minimum atomic E-state index is 0.320. The molecule has 1 aliphatic rings. The van der Waals surface area contributed by atoms with Crippen LogP contribution in [-0.4, -0.2) is 29.0 Å². The van der Waals surface area contributed by atoms with Gasteiger partial charge in [0.1, 0.15) is 0 Å². The normalized spacial score (nSPS) is 24.5. The molecule has 1 unspecified atom stereocenters. The van der Waals surface area contributed by atoms with Gasteiger partial charge in [-0.05, 0) is 37.8 Å². The topological polar surface area (TPSA) is 29.3 Å². The van der Waals surface area contributed by atoms with Crippen LogP contribution in [0.1, 0.15) is 40.0 Å². The molecule has 82 valence electrons. The number of hydrogen-bond acceptors (Lipinski definition) is 2. The zero-order valence-electron chi connectivity index (χ0n) is 9.55. The van der Waals surface area contributed by atoms with Crippen molar-refractivity contribution in [1.29, 1.82) is 0 Å². The molecule has 0 amide bonds. The van der Waals surface area contributed by atoms with Crippen molar-refractivity contribution in [3.05, 3.63) is 0 Å². The molecular weight excluding hydrogens is 192 g/mol. The van der Waals surface area contributed by atoms with Crippen molar-refractivity contribution in [2.75, 3.05) is 13.1 Å². The predicted molar refractivity (Wildman–Crippen MR) is 65.5 cm³/mol. The largest absolute Gasteiger partial charge is 0.392 e. The summed E-state index contributed by atoms with van der Waals surface area (Å²) >= 11 is 5.09. The van der Waals surface area contributed by atoms with Crippen LogP contribution >= 0.6 is 12.2 Å². The van der Waals surface area contributed by atoms with E-state index < -0.39 is 0 Å². The summed E-state index contributed by atoms with van der Waals surface area (Å²) in [5, 5.41) is 0. The molecule has 0 bridgehead atoms. The molecule has 1 saturated heterocycles. The summed E-state index contributed by atoms with van der Waals surface area (Å²) in [5.74, 6) is 0. The van der Waals surface area contributed by atoms with Gasteiger partial charge >= 0.3 is 0 Å². The van der Waals surface area contributed by atoms with E-state index in [0.29, 0.717) is 16.4 Å². The molecule has 0 aromatic carbocycles. The number of piperidine rings is 1. The first-order chi connectivity index (χ1) is 6.46. The second-order valence-corrected chi connectivity index (χ2v) is 5.50. The number of nitrogens with two attached hydrogens (primary N) is 1. The molecule has 0 spiro atoms. The first kappa shape index (κ1) is 11.9. The van der Waals surface area contributed by atoms with Crippen LogP contribution in [0.3, 0.4) is 0 Å². The highest BCUT2D eigenvalue weighted by Gasteiger charge is 2.29. The molecule has 1 aliphatic heterocycles. The lowest BCUT2D eigenvalue weighted by molar-refractivity contribution is 0.115. The van der Waals surface area contributed by atoms with Crippen LogP contribution in [0.5, 0.6) is 0 Å². The second-order valence-electron chi connectivity index (χ2n) is 5.03. The number of likely N-dealkylation sites (tertiary alicyclic amines) is 1. The summed E-state index contributed by atoms with van der Waals surface area (Å²) in [5.41, 5.74) is 6.24. The quantitative estimate of drug-likeness (QED) is 0.730. The number of nitrogens with zero attached hydrogens (tertiary/aromatic N) is 1. The minimum absolute atomic E-state index is 0.320. The zero-order valence-corrected chi connectivity index (χ0v) is 10.4. The second kappa shape index (κ2) is 4.58. The number of rotatable bonds is 3. The lowest BCUT2D eigenvalue weighted by atomic mass is 9.82. The fourth-order valence-electron chi connectivity index (χ4n) is 2.08. The lowest BCUT2D eigenvalue weighted by Gasteiger charge is -2.40. The standard InChI is InChI=1S/C11H22N2S/c1-4-9(10(12)14)13-7-5-11(2,3)6-8-13/h9H,4-8H2,1-3H3,(H2,12,14). The SMILES string of the molecule is CCC(C(N)=S)N1CCC(C)(C)CC1. The Morgan fingerprint density at radius 3 is 2.29 bits per heavy atom.